The first-order chi connectivity index (χ1) is 8.25. The number of aromatic nitrogens is 2. The van der Waals surface area contributed by atoms with Crippen LogP contribution in [0.4, 0.5) is 5.95 Å². The molecule has 0 radical (unpaired) electrons. The fourth-order valence-electron chi connectivity index (χ4n) is 1.50. The molecule has 0 spiro atoms. The summed E-state index contributed by atoms with van der Waals surface area (Å²) in [5.74, 6) is -0.250. The van der Waals surface area contributed by atoms with Crippen molar-refractivity contribution in [3.8, 4) is 0 Å². The van der Waals surface area contributed by atoms with Gasteiger partial charge in [0, 0.05) is 24.5 Å². The topological polar surface area (TPSA) is 75.1 Å². The van der Waals surface area contributed by atoms with Gasteiger partial charge >= 0.3 is 5.97 Å². The van der Waals surface area contributed by atoms with Gasteiger partial charge in [-0.25, -0.2) is 9.97 Å². The van der Waals surface area contributed by atoms with E-state index in [2.05, 4.69) is 15.3 Å². The molecule has 5 nitrogen and oxygen atoms in total. The summed E-state index contributed by atoms with van der Waals surface area (Å²) in [4.78, 5) is 18.8. The van der Waals surface area contributed by atoms with Gasteiger partial charge in [-0.15, -0.1) is 0 Å². The first-order valence-corrected chi connectivity index (χ1v) is 5.43. The summed E-state index contributed by atoms with van der Waals surface area (Å²) in [5, 5.41) is 12.5. The number of rotatable bonds is 5. The highest BCUT2D eigenvalue weighted by Gasteiger charge is 2.00. The molecular formula is C12H13N3O2. The lowest BCUT2D eigenvalue weighted by Crippen LogP contribution is -2.07. The Hall–Kier alpha value is -2.17. The van der Waals surface area contributed by atoms with Crippen LogP contribution in [0.5, 0.6) is 0 Å². The Morgan fingerprint density at radius 1 is 1.35 bits per heavy atom. The van der Waals surface area contributed by atoms with Crippen LogP contribution < -0.4 is 5.32 Å². The summed E-state index contributed by atoms with van der Waals surface area (Å²) in [5.41, 5.74) is 0.878. The summed E-state index contributed by atoms with van der Waals surface area (Å²) < 4.78 is 0. The molecule has 0 saturated heterocycles. The first kappa shape index (κ1) is 11.3. The first-order valence-electron chi connectivity index (χ1n) is 5.43. The molecule has 1 heterocycles. The number of benzene rings is 1. The van der Waals surface area contributed by atoms with E-state index in [9.17, 15) is 4.79 Å². The number of nitrogens with one attached hydrogen (secondary N) is 1. The van der Waals surface area contributed by atoms with Crippen LogP contribution in [-0.2, 0) is 4.79 Å². The van der Waals surface area contributed by atoms with Gasteiger partial charge in [0.25, 0.3) is 0 Å². The van der Waals surface area contributed by atoms with Crippen molar-refractivity contribution >= 4 is 22.8 Å². The maximum atomic E-state index is 10.3. The minimum atomic E-state index is -0.786. The smallest absolute Gasteiger partial charge is 0.303 e. The van der Waals surface area contributed by atoms with Crippen molar-refractivity contribution in [1.29, 1.82) is 0 Å². The van der Waals surface area contributed by atoms with Gasteiger partial charge < -0.3 is 10.4 Å². The maximum absolute atomic E-state index is 10.3. The molecule has 0 atom stereocenters. The number of carbonyl (C=O) groups is 1. The van der Waals surface area contributed by atoms with Crippen LogP contribution >= 0.6 is 0 Å². The number of nitrogens with zero attached hydrogens (tertiary/aromatic N) is 2. The Kier molecular flexibility index (Phi) is 3.49. The molecule has 1 aromatic carbocycles. The molecule has 0 bridgehead atoms. The van der Waals surface area contributed by atoms with Gasteiger partial charge in [-0.1, -0.05) is 18.2 Å². The average molecular weight is 231 g/mol. The summed E-state index contributed by atoms with van der Waals surface area (Å²) in [6.45, 7) is 0.560. The third kappa shape index (κ3) is 3.14. The van der Waals surface area contributed by atoms with Crippen LogP contribution in [0.3, 0.4) is 0 Å². The predicted octanol–water partition coefficient (Wildman–Crippen LogP) is 1.91. The van der Waals surface area contributed by atoms with E-state index in [1.807, 2.05) is 24.3 Å². The summed E-state index contributed by atoms with van der Waals surface area (Å²) in [6, 6.07) is 7.72. The molecule has 0 aliphatic rings. The van der Waals surface area contributed by atoms with E-state index in [1.165, 1.54) is 0 Å². The summed E-state index contributed by atoms with van der Waals surface area (Å²) in [7, 11) is 0. The molecular weight excluding hydrogens is 218 g/mol. The van der Waals surface area contributed by atoms with E-state index in [1.54, 1.807) is 6.20 Å². The Labute approximate surface area is 98.5 Å². The number of carboxylic acid groups (broad SMARTS) is 1. The second-order valence-corrected chi connectivity index (χ2v) is 3.68. The molecule has 88 valence electrons. The lowest BCUT2D eigenvalue weighted by atomic mass is 10.2. The maximum Gasteiger partial charge on any atom is 0.303 e. The molecule has 0 saturated carbocycles. The van der Waals surface area contributed by atoms with Crippen LogP contribution in [0.2, 0.25) is 0 Å². The minimum absolute atomic E-state index is 0.153. The molecule has 5 heteroatoms. The third-order valence-corrected chi connectivity index (χ3v) is 2.34. The predicted molar refractivity (Wildman–Crippen MR) is 64.9 cm³/mol. The van der Waals surface area contributed by atoms with E-state index in [4.69, 9.17) is 5.11 Å². The fourth-order valence-corrected chi connectivity index (χ4v) is 1.50. The minimum Gasteiger partial charge on any atom is -0.481 e. The lowest BCUT2D eigenvalue weighted by Gasteiger charge is -2.04. The molecule has 0 aliphatic carbocycles. The van der Waals surface area contributed by atoms with Crippen LogP contribution in [0.25, 0.3) is 10.9 Å². The van der Waals surface area contributed by atoms with Crippen molar-refractivity contribution in [2.45, 2.75) is 12.8 Å². The number of hydrogen-bond acceptors (Lipinski definition) is 4. The van der Waals surface area contributed by atoms with Crippen molar-refractivity contribution in [3.05, 3.63) is 30.5 Å². The van der Waals surface area contributed by atoms with E-state index < -0.39 is 5.97 Å². The van der Waals surface area contributed by atoms with Crippen molar-refractivity contribution in [2.75, 3.05) is 11.9 Å². The number of hydrogen-bond donors (Lipinski definition) is 2. The van der Waals surface area contributed by atoms with Gasteiger partial charge in [-0.2, -0.15) is 0 Å². The van der Waals surface area contributed by atoms with Crippen molar-refractivity contribution in [1.82, 2.24) is 9.97 Å². The van der Waals surface area contributed by atoms with Gasteiger partial charge in [0.05, 0.1) is 5.52 Å². The largest absolute Gasteiger partial charge is 0.481 e. The van der Waals surface area contributed by atoms with Crippen LogP contribution in [0.1, 0.15) is 12.8 Å². The van der Waals surface area contributed by atoms with Gasteiger partial charge in [0.1, 0.15) is 0 Å². The molecule has 0 fully saturated rings. The van der Waals surface area contributed by atoms with E-state index in [0.29, 0.717) is 18.9 Å². The molecule has 2 aromatic rings. The zero-order valence-electron chi connectivity index (χ0n) is 9.26. The number of aliphatic carboxylic acids is 1. The molecule has 0 aliphatic heterocycles. The number of para-hydroxylation sites is 1. The highest BCUT2D eigenvalue weighted by molar-refractivity contribution is 5.78. The van der Waals surface area contributed by atoms with Crippen molar-refractivity contribution < 1.29 is 9.90 Å². The van der Waals surface area contributed by atoms with Crippen molar-refractivity contribution in [3.63, 3.8) is 0 Å². The van der Waals surface area contributed by atoms with Crippen LogP contribution in [-0.4, -0.2) is 27.6 Å². The van der Waals surface area contributed by atoms with Gasteiger partial charge in [-0.05, 0) is 12.5 Å². The average Bonchev–Trinajstić information content (AvgIpc) is 2.34. The standard InChI is InChI=1S/C12H13N3O2/c16-11(17)6-3-7-13-12-14-8-9-4-1-2-5-10(9)15-12/h1-2,4-5,8H,3,6-7H2,(H,16,17)(H,13,14,15). The normalized spacial score (nSPS) is 10.4. The van der Waals surface area contributed by atoms with E-state index in [0.717, 1.165) is 10.9 Å². The highest BCUT2D eigenvalue weighted by atomic mass is 16.4. The Bertz CT molecular complexity index is 528. The fraction of sp³-hybridized carbons (Fsp3) is 0.250. The van der Waals surface area contributed by atoms with Gasteiger partial charge in [0.15, 0.2) is 0 Å². The molecule has 17 heavy (non-hydrogen) atoms. The Morgan fingerprint density at radius 2 is 2.18 bits per heavy atom. The number of carboxylic acids is 1. The Morgan fingerprint density at radius 3 is 3.00 bits per heavy atom. The lowest BCUT2D eigenvalue weighted by molar-refractivity contribution is -0.137. The number of fused-ring (bicyclic) bond motifs is 1. The molecule has 2 N–H and O–H groups in total. The summed E-state index contributed by atoms with van der Waals surface area (Å²) >= 11 is 0. The number of anilines is 1. The van der Waals surface area contributed by atoms with E-state index in [-0.39, 0.29) is 6.42 Å². The second kappa shape index (κ2) is 5.25. The molecule has 2 rings (SSSR count). The zero-order chi connectivity index (χ0) is 12.1. The van der Waals surface area contributed by atoms with Crippen LogP contribution in [0.15, 0.2) is 30.5 Å². The van der Waals surface area contributed by atoms with E-state index >= 15 is 0 Å². The monoisotopic (exact) mass is 231 g/mol. The molecule has 0 unspecified atom stereocenters. The second-order valence-electron chi connectivity index (χ2n) is 3.68. The molecule has 1 aromatic heterocycles. The Balaban J connectivity index is 1.97. The zero-order valence-corrected chi connectivity index (χ0v) is 9.26. The van der Waals surface area contributed by atoms with Gasteiger partial charge in [0.2, 0.25) is 5.95 Å². The third-order valence-electron chi connectivity index (χ3n) is 2.34. The molecule has 0 amide bonds. The van der Waals surface area contributed by atoms with Crippen LogP contribution in [0, 0.1) is 0 Å². The quantitative estimate of drug-likeness (QED) is 0.769. The SMILES string of the molecule is O=C(O)CCCNc1ncc2ccccc2n1. The van der Waals surface area contributed by atoms with Gasteiger partial charge in [-0.3, -0.25) is 4.79 Å². The summed E-state index contributed by atoms with van der Waals surface area (Å²) in [6.07, 6.45) is 2.47. The van der Waals surface area contributed by atoms with Crippen molar-refractivity contribution in [2.24, 2.45) is 0 Å². The highest BCUT2D eigenvalue weighted by Crippen LogP contribution is 2.11.